The molecule has 6 heteroatoms. The zero-order chi connectivity index (χ0) is 17.8. The fourth-order valence-electron chi connectivity index (χ4n) is 2.69. The lowest BCUT2D eigenvalue weighted by molar-refractivity contribution is -0.0289. The lowest BCUT2D eigenvalue weighted by atomic mass is 10.1. The Morgan fingerprint density at radius 2 is 1.81 bits per heavy atom. The van der Waals surface area contributed by atoms with Crippen molar-refractivity contribution < 1.29 is 14.3 Å². The number of benzene rings is 2. The van der Waals surface area contributed by atoms with Crippen molar-refractivity contribution in [2.75, 3.05) is 13.2 Å². The van der Waals surface area contributed by atoms with Gasteiger partial charge in [-0.3, -0.25) is 0 Å². The molecule has 0 radical (unpaired) electrons. The van der Waals surface area contributed by atoms with Crippen LogP contribution in [0.5, 0.6) is 0 Å². The van der Waals surface area contributed by atoms with Gasteiger partial charge in [-0.2, -0.15) is 5.10 Å². The summed E-state index contributed by atoms with van der Waals surface area (Å²) in [5.74, 6) is 0.476. The fourth-order valence-corrected chi connectivity index (χ4v) is 2.69. The van der Waals surface area contributed by atoms with Crippen LogP contribution in [0.25, 0.3) is 0 Å². The lowest BCUT2D eigenvalue weighted by Crippen LogP contribution is -2.31. The van der Waals surface area contributed by atoms with Gasteiger partial charge in [0.2, 0.25) is 0 Å². The molecule has 0 bridgehead atoms. The molecule has 1 fully saturated rings. The minimum atomic E-state index is -0.315. The molecule has 4 rings (SSSR count). The third kappa shape index (κ3) is 3.81. The smallest absolute Gasteiger partial charge is 0.338 e. The van der Waals surface area contributed by atoms with E-state index in [0.717, 1.165) is 17.0 Å². The van der Waals surface area contributed by atoms with Crippen molar-refractivity contribution >= 4 is 5.97 Å². The molecule has 1 aliphatic rings. The van der Waals surface area contributed by atoms with Crippen molar-refractivity contribution in [3.05, 3.63) is 83.4 Å². The average Bonchev–Trinajstić information content (AvgIpc) is 3.08. The highest BCUT2D eigenvalue weighted by molar-refractivity contribution is 5.89. The molecule has 1 aliphatic heterocycles. The van der Waals surface area contributed by atoms with Crippen molar-refractivity contribution in [3.8, 4) is 0 Å². The lowest BCUT2D eigenvalue weighted by Gasteiger charge is -2.25. The quantitative estimate of drug-likeness (QED) is 0.640. The van der Waals surface area contributed by atoms with Crippen LogP contribution in [0.2, 0.25) is 0 Å². The minimum Gasteiger partial charge on any atom is -0.457 e. The third-order valence-electron chi connectivity index (χ3n) is 4.32. The second-order valence-electron chi connectivity index (χ2n) is 6.27. The molecule has 6 nitrogen and oxygen atoms in total. The predicted molar refractivity (Wildman–Crippen MR) is 94.7 cm³/mol. The molecular weight excluding hydrogens is 330 g/mol. The van der Waals surface area contributed by atoms with E-state index in [4.69, 9.17) is 9.47 Å². The van der Waals surface area contributed by atoms with Gasteiger partial charge in [0, 0.05) is 6.42 Å². The molecule has 0 unspecified atom stereocenters. The summed E-state index contributed by atoms with van der Waals surface area (Å²) in [7, 11) is 0. The first-order chi connectivity index (χ1) is 12.8. The van der Waals surface area contributed by atoms with Crippen molar-refractivity contribution in [2.24, 2.45) is 0 Å². The molecule has 0 saturated carbocycles. The first kappa shape index (κ1) is 16.5. The van der Waals surface area contributed by atoms with Gasteiger partial charge >= 0.3 is 5.97 Å². The monoisotopic (exact) mass is 349 g/mol. The topological polar surface area (TPSA) is 66.2 Å². The van der Waals surface area contributed by atoms with Gasteiger partial charge in [0.25, 0.3) is 0 Å². The first-order valence-electron chi connectivity index (χ1n) is 8.56. The Balaban J connectivity index is 1.32. The number of carbonyl (C=O) groups is 1. The third-order valence-corrected chi connectivity index (χ3v) is 4.32. The van der Waals surface area contributed by atoms with Gasteiger partial charge in [-0.1, -0.05) is 42.5 Å². The summed E-state index contributed by atoms with van der Waals surface area (Å²) in [5.41, 5.74) is 2.62. The molecular formula is C20H19N3O3. The van der Waals surface area contributed by atoms with Gasteiger partial charge in [0.1, 0.15) is 19.0 Å². The van der Waals surface area contributed by atoms with Gasteiger partial charge in [0.05, 0.1) is 18.8 Å². The molecule has 2 aromatic carbocycles. The standard InChI is InChI=1S/C20H19N3O3/c24-20(17-4-2-1-3-5-17)26-11-16-8-6-15(7-9-16)10-19-21-14-23(22-19)18-12-25-13-18/h1-9,14,18H,10-13H2. The van der Waals surface area contributed by atoms with Crippen LogP contribution in [0, 0.1) is 0 Å². The van der Waals surface area contributed by atoms with Crippen molar-refractivity contribution in [1.29, 1.82) is 0 Å². The number of ether oxygens (including phenoxy) is 2. The second kappa shape index (κ2) is 7.49. The molecule has 2 heterocycles. The normalized spacial score (nSPS) is 14.0. The summed E-state index contributed by atoms with van der Waals surface area (Å²) < 4.78 is 12.4. The van der Waals surface area contributed by atoms with Crippen molar-refractivity contribution in [3.63, 3.8) is 0 Å². The Labute approximate surface area is 151 Å². The first-order valence-corrected chi connectivity index (χ1v) is 8.56. The summed E-state index contributed by atoms with van der Waals surface area (Å²) in [4.78, 5) is 16.3. The number of hydrogen-bond acceptors (Lipinski definition) is 5. The van der Waals surface area contributed by atoms with Crippen LogP contribution >= 0.6 is 0 Å². The van der Waals surface area contributed by atoms with Crippen LogP contribution in [0.3, 0.4) is 0 Å². The summed E-state index contributed by atoms with van der Waals surface area (Å²) >= 11 is 0. The Morgan fingerprint density at radius 3 is 2.50 bits per heavy atom. The SMILES string of the molecule is O=C(OCc1ccc(Cc2ncn(C3COC3)n2)cc1)c1ccccc1. The molecule has 132 valence electrons. The van der Waals surface area contributed by atoms with Crippen molar-refractivity contribution in [2.45, 2.75) is 19.1 Å². The highest BCUT2D eigenvalue weighted by atomic mass is 16.5. The summed E-state index contributed by atoms with van der Waals surface area (Å²) in [5, 5.41) is 4.50. The van der Waals surface area contributed by atoms with Gasteiger partial charge < -0.3 is 9.47 Å². The number of hydrogen-bond donors (Lipinski definition) is 0. The van der Waals surface area contributed by atoms with Gasteiger partial charge in [-0.05, 0) is 23.3 Å². The minimum absolute atomic E-state index is 0.253. The molecule has 1 saturated heterocycles. The van der Waals surface area contributed by atoms with Gasteiger partial charge in [-0.15, -0.1) is 0 Å². The largest absolute Gasteiger partial charge is 0.457 e. The van der Waals surface area contributed by atoms with Crippen LogP contribution in [-0.4, -0.2) is 33.9 Å². The van der Waals surface area contributed by atoms with E-state index < -0.39 is 0 Å². The number of nitrogens with zero attached hydrogens (tertiary/aromatic N) is 3. The zero-order valence-corrected chi connectivity index (χ0v) is 14.2. The van der Waals surface area contributed by atoms with Crippen LogP contribution in [0.15, 0.2) is 60.9 Å². The van der Waals surface area contributed by atoms with Crippen LogP contribution < -0.4 is 0 Å². The molecule has 0 aliphatic carbocycles. The Hall–Kier alpha value is -2.99. The average molecular weight is 349 g/mol. The maximum Gasteiger partial charge on any atom is 0.338 e. The maximum atomic E-state index is 12.0. The van der Waals surface area contributed by atoms with E-state index in [1.54, 1.807) is 18.5 Å². The Bertz CT molecular complexity index is 871. The van der Waals surface area contributed by atoms with E-state index in [1.807, 2.05) is 47.1 Å². The molecule has 0 amide bonds. The molecule has 3 aromatic rings. The fraction of sp³-hybridized carbons (Fsp3) is 0.250. The number of rotatable bonds is 6. The van der Waals surface area contributed by atoms with Crippen LogP contribution in [0.4, 0.5) is 0 Å². The van der Waals surface area contributed by atoms with E-state index in [9.17, 15) is 4.79 Å². The highest BCUT2D eigenvalue weighted by Gasteiger charge is 2.21. The Morgan fingerprint density at radius 1 is 1.08 bits per heavy atom. The molecule has 0 N–H and O–H groups in total. The van der Waals surface area contributed by atoms with Crippen LogP contribution in [0.1, 0.15) is 33.4 Å². The Kier molecular flexibility index (Phi) is 4.75. The van der Waals surface area contributed by atoms with Crippen molar-refractivity contribution in [1.82, 2.24) is 14.8 Å². The highest BCUT2D eigenvalue weighted by Crippen LogP contribution is 2.16. The van der Waals surface area contributed by atoms with E-state index in [2.05, 4.69) is 10.1 Å². The van der Waals surface area contributed by atoms with Gasteiger partial charge in [-0.25, -0.2) is 14.5 Å². The molecule has 26 heavy (non-hydrogen) atoms. The number of esters is 1. The summed E-state index contributed by atoms with van der Waals surface area (Å²) in [6, 6.07) is 17.3. The predicted octanol–water partition coefficient (Wildman–Crippen LogP) is 2.80. The van der Waals surface area contributed by atoms with Crippen LogP contribution in [-0.2, 0) is 22.5 Å². The van der Waals surface area contributed by atoms with E-state index >= 15 is 0 Å². The van der Waals surface area contributed by atoms with E-state index in [1.165, 1.54) is 0 Å². The zero-order valence-electron chi connectivity index (χ0n) is 14.2. The summed E-state index contributed by atoms with van der Waals surface area (Å²) in [6.45, 7) is 1.67. The van der Waals surface area contributed by atoms with Gasteiger partial charge in [0.15, 0.2) is 5.82 Å². The van der Waals surface area contributed by atoms with E-state index in [0.29, 0.717) is 31.2 Å². The maximum absolute atomic E-state index is 12.0. The molecule has 0 atom stereocenters. The summed E-state index contributed by atoms with van der Waals surface area (Å²) in [6.07, 6.45) is 2.44. The number of aromatic nitrogens is 3. The second-order valence-corrected chi connectivity index (χ2v) is 6.27. The number of carbonyl (C=O) groups excluding carboxylic acids is 1. The van der Waals surface area contributed by atoms with E-state index in [-0.39, 0.29) is 12.6 Å². The molecule has 1 aromatic heterocycles. The molecule has 0 spiro atoms.